The molecule has 2 rings (SSSR count). The molecule has 1 heterocycles. The molecule has 2 N–H and O–H groups in total. The molecule has 1 atom stereocenters. The number of nitrogens with two attached hydrogens (primary N) is 1. The average molecular weight is 236 g/mol. The van der Waals surface area contributed by atoms with Crippen molar-refractivity contribution in [3.8, 4) is 0 Å². The molecule has 1 aromatic heterocycles. The SMILES string of the molecule is NC(Cc1ccoc1)Cc1ccccc1Cl. The third-order valence-electron chi connectivity index (χ3n) is 2.52. The number of furan rings is 1. The van der Waals surface area contributed by atoms with Crippen LogP contribution in [0.1, 0.15) is 11.1 Å². The summed E-state index contributed by atoms with van der Waals surface area (Å²) in [6.07, 6.45) is 4.98. The molecular formula is C13H14ClNO. The highest BCUT2D eigenvalue weighted by Crippen LogP contribution is 2.17. The van der Waals surface area contributed by atoms with E-state index in [1.54, 1.807) is 12.5 Å². The second kappa shape index (κ2) is 5.19. The van der Waals surface area contributed by atoms with Gasteiger partial charge in [-0.3, -0.25) is 0 Å². The van der Waals surface area contributed by atoms with E-state index in [4.69, 9.17) is 21.8 Å². The van der Waals surface area contributed by atoms with Crippen molar-refractivity contribution >= 4 is 11.6 Å². The smallest absolute Gasteiger partial charge is 0.0935 e. The molecule has 16 heavy (non-hydrogen) atoms. The molecule has 0 aliphatic heterocycles. The van der Waals surface area contributed by atoms with Gasteiger partial charge in [0.2, 0.25) is 0 Å². The maximum absolute atomic E-state index is 6.08. The van der Waals surface area contributed by atoms with Crippen molar-refractivity contribution in [2.45, 2.75) is 18.9 Å². The van der Waals surface area contributed by atoms with Crippen molar-refractivity contribution in [1.29, 1.82) is 0 Å². The fourth-order valence-corrected chi connectivity index (χ4v) is 1.94. The zero-order chi connectivity index (χ0) is 11.4. The van der Waals surface area contributed by atoms with Gasteiger partial charge in [0.05, 0.1) is 12.5 Å². The maximum Gasteiger partial charge on any atom is 0.0935 e. The first-order valence-corrected chi connectivity index (χ1v) is 5.63. The first-order chi connectivity index (χ1) is 7.75. The summed E-state index contributed by atoms with van der Waals surface area (Å²) < 4.78 is 5.01. The van der Waals surface area contributed by atoms with Crippen LogP contribution < -0.4 is 5.73 Å². The molecule has 0 aliphatic carbocycles. The normalized spacial score (nSPS) is 12.6. The third-order valence-corrected chi connectivity index (χ3v) is 2.89. The van der Waals surface area contributed by atoms with Crippen LogP contribution in [-0.4, -0.2) is 6.04 Å². The Morgan fingerprint density at radius 1 is 1.19 bits per heavy atom. The predicted octanol–water partition coefficient (Wildman–Crippen LogP) is 3.05. The van der Waals surface area contributed by atoms with E-state index < -0.39 is 0 Å². The average Bonchev–Trinajstić information content (AvgIpc) is 2.74. The van der Waals surface area contributed by atoms with E-state index >= 15 is 0 Å². The molecule has 0 bridgehead atoms. The lowest BCUT2D eigenvalue weighted by Crippen LogP contribution is -2.25. The van der Waals surface area contributed by atoms with Crippen molar-refractivity contribution in [2.75, 3.05) is 0 Å². The summed E-state index contributed by atoms with van der Waals surface area (Å²) in [5, 5.41) is 0.783. The van der Waals surface area contributed by atoms with Gasteiger partial charge in [0.1, 0.15) is 0 Å². The van der Waals surface area contributed by atoms with Gasteiger partial charge in [0.15, 0.2) is 0 Å². The summed E-state index contributed by atoms with van der Waals surface area (Å²) in [5.41, 5.74) is 8.29. The lowest BCUT2D eigenvalue weighted by molar-refractivity contribution is 0.559. The predicted molar refractivity (Wildman–Crippen MR) is 65.5 cm³/mol. The molecule has 0 radical (unpaired) electrons. The van der Waals surface area contributed by atoms with Gasteiger partial charge in [0, 0.05) is 11.1 Å². The number of hydrogen-bond acceptors (Lipinski definition) is 2. The van der Waals surface area contributed by atoms with Gasteiger partial charge in [-0.2, -0.15) is 0 Å². The van der Waals surface area contributed by atoms with Gasteiger partial charge < -0.3 is 10.2 Å². The number of benzene rings is 1. The fourth-order valence-electron chi connectivity index (χ4n) is 1.73. The quantitative estimate of drug-likeness (QED) is 0.885. The molecule has 1 unspecified atom stereocenters. The maximum atomic E-state index is 6.08. The summed E-state index contributed by atoms with van der Waals surface area (Å²) in [7, 11) is 0. The van der Waals surface area contributed by atoms with E-state index in [1.165, 1.54) is 0 Å². The molecule has 0 fully saturated rings. The Morgan fingerprint density at radius 3 is 2.69 bits per heavy atom. The van der Waals surface area contributed by atoms with Crippen molar-refractivity contribution < 1.29 is 4.42 Å². The van der Waals surface area contributed by atoms with Crippen molar-refractivity contribution in [3.05, 3.63) is 59.0 Å². The van der Waals surface area contributed by atoms with Gasteiger partial charge in [-0.05, 0) is 36.1 Å². The van der Waals surface area contributed by atoms with Crippen LogP contribution in [0.25, 0.3) is 0 Å². The molecule has 1 aromatic carbocycles. The van der Waals surface area contributed by atoms with E-state index in [2.05, 4.69) is 0 Å². The molecule has 0 spiro atoms. The van der Waals surface area contributed by atoms with E-state index in [9.17, 15) is 0 Å². The molecule has 0 saturated heterocycles. The molecule has 2 nitrogen and oxygen atoms in total. The first-order valence-electron chi connectivity index (χ1n) is 5.26. The molecule has 3 heteroatoms. The monoisotopic (exact) mass is 235 g/mol. The minimum Gasteiger partial charge on any atom is -0.472 e. The van der Waals surface area contributed by atoms with Crippen molar-refractivity contribution in [3.63, 3.8) is 0 Å². The first kappa shape index (κ1) is 11.2. The Bertz CT molecular complexity index is 439. The molecule has 0 amide bonds. The molecule has 0 saturated carbocycles. The molecule has 84 valence electrons. The molecule has 0 aliphatic rings. The van der Waals surface area contributed by atoms with Gasteiger partial charge in [0.25, 0.3) is 0 Å². The number of rotatable bonds is 4. The second-order valence-electron chi connectivity index (χ2n) is 3.89. The van der Waals surface area contributed by atoms with Crippen LogP contribution in [0.2, 0.25) is 5.02 Å². The summed E-state index contributed by atoms with van der Waals surface area (Å²) >= 11 is 6.08. The van der Waals surface area contributed by atoms with E-state index in [1.807, 2.05) is 30.3 Å². The number of halogens is 1. The van der Waals surface area contributed by atoms with Gasteiger partial charge in [-0.1, -0.05) is 29.8 Å². The van der Waals surface area contributed by atoms with Crippen LogP contribution in [0, 0.1) is 0 Å². The van der Waals surface area contributed by atoms with Crippen LogP contribution in [0.3, 0.4) is 0 Å². The van der Waals surface area contributed by atoms with E-state index in [0.29, 0.717) is 0 Å². The summed E-state index contributed by atoms with van der Waals surface area (Å²) in [6, 6.07) is 9.81. The van der Waals surface area contributed by atoms with Gasteiger partial charge in [-0.25, -0.2) is 0 Å². The minimum absolute atomic E-state index is 0.0671. The Balaban J connectivity index is 1.97. The van der Waals surface area contributed by atoms with Gasteiger partial charge in [-0.15, -0.1) is 0 Å². The van der Waals surface area contributed by atoms with Crippen LogP contribution in [0.15, 0.2) is 47.3 Å². The zero-order valence-corrected chi connectivity index (χ0v) is 9.65. The van der Waals surface area contributed by atoms with Crippen LogP contribution in [-0.2, 0) is 12.8 Å². The Morgan fingerprint density at radius 2 is 2.00 bits per heavy atom. The van der Waals surface area contributed by atoms with Crippen LogP contribution in [0.4, 0.5) is 0 Å². The number of hydrogen-bond donors (Lipinski definition) is 1. The van der Waals surface area contributed by atoms with Crippen LogP contribution >= 0.6 is 11.6 Å². The zero-order valence-electron chi connectivity index (χ0n) is 8.90. The largest absolute Gasteiger partial charge is 0.472 e. The topological polar surface area (TPSA) is 39.2 Å². The van der Waals surface area contributed by atoms with Crippen LogP contribution in [0.5, 0.6) is 0 Å². The molecular weight excluding hydrogens is 222 g/mol. The Kier molecular flexibility index (Phi) is 3.65. The lowest BCUT2D eigenvalue weighted by Gasteiger charge is -2.11. The van der Waals surface area contributed by atoms with Crippen molar-refractivity contribution in [1.82, 2.24) is 0 Å². The lowest BCUT2D eigenvalue weighted by atomic mass is 10.0. The fraction of sp³-hybridized carbons (Fsp3) is 0.231. The standard InChI is InChI=1S/C13H14ClNO/c14-13-4-2-1-3-11(13)8-12(15)7-10-5-6-16-9-10/h1-6,9,12H,7-8,15H2. The Labute approximate surface area is 100 Å². The highest BCUT2D eigenvalue weighted by Gasteiger charge is 2.08. The van der Waals surface area contributed by atoms with Crippen molar-refractivity contribution in [2.24, 2.45) is 5.73 Å². The van der Waals surface area contributed by atoms with E-state index in [-0.39, 0.29) is 6.04 Å². The summed E-state index contributed by atoms with van der Waals surface area (Å²) in [5.74, 6) is 0. The highest BCUT2D eigenvalue weighted by molar-refractivity contribution is 6.31. The molecule has 2 aromatic rings. The Hall–Kier alpha value is -1.25. The highest BCUT2D eigenvalue weighted by atomic mass is 35.5. The third kappa shape index (κ3) is 2.87. The summed E-state index contributed by atoms with van der Waals surface area (Å²) in [4.78, 5) is 0. The second-order valence-corrected chi connectivity index (χ2v) is 4.30. The summed E-state index contributed by atoms with van der Waals surface area (Å²) in [6.45, 7) is 0. The van der Waals surface area contributed by atoms with E-state index in [0.717, 1.165) is 29.0 Å². The van der Waals surface area contributed by atoms with Gasteiger partial charge >= 0.3 is 0 Å². The minimum atomic E-state index is 0.0671.